The molecule has 0 heterocycles. The van der Waals surface area contributed by atoms with E-state index in [-0.39, 0.29) is 6.79 Å². The molecule has 0 radical (unpaired) electrons. The first kappa shape index (κ1) is 18.2. The zero-order valence-corrected chi connectivity index (χ0v) is 13.5. The van der Waals surface area contributed by atoms with E-state index in [0.29, 0.717) is 30.1 Å². The zero-order chi connectivity index (χ0) is 16.4. The van der Waals surface area contributed by atoms with Crippen LogP contribution in [0.4, 0.5) is 0 Å². The number of ether oxygens (including phenoxy) is 4. The van der Waals surface area contributed by atoms with Crippen molar-refractivity contribution < 1.29 is 23.7 Å². The molecule has 1 aromatic rings. The van der Waals surface area contributed by atoms with Crippen molar-refractivity contribution in [2.45, 2.75) is 19.8 Å². The molecule has 0 aliphatic carbocycles. The van der Waals surface area contributed by atoms with E-state index in [1.165, 1.54) is 0 Å². The molecule has 0 aliphatic heterocycles. The van der Waals surface area contributed by atoms with E-state index in [1.807, 2.05) is 12.1 Å². The quantitative estimate of drug-likeness (QED) is 0.288. The van der Waals surface area contributed by atoms with E-state index < -0.39 is 5.97 Å². The normalized spacial score (nSPS) is 10.3. The van der Waals surface area contributed by atoms with Gasteiger partial charge in [-0.1, -0.05) is 18.7 Å². The van der Waals surface area contributed by atoms with Crippen molar-refractivity contribution in [1.82, 2.24) is 0 Å². The van der Waals surface area contributed by atoms with Crippen LogP contribution < -0.4 is 4.74 Å². The maximum atomic E-state index is 12.0. The maximum Gasteiger partial charge on any atom is 0.338 e. The van der Waals surface area contributed by atoms with Crippen LogP contribution in [-0.2, 0) is 25.4 Å². The van der Waals surface area contributed by atoms with E-state index in [9.17, 15) is 4.79 Å². The molecule has 1 aromatic carbocycles. The zero-order valence-electron chi connectivity index (χ0n) is 13.5. The second-order valence-corrected chi connectivity index (χ2v) is 4.64. The van der Waals surface area contributed by atoms with Gasteiger partial charge in [0.05, 0.1) is 12.2 Å². The average Bonchev–Trinajstić information content (AvgIpc) is 2.52. The number of carbonyl (C=O) groups excluding carboxylic acids is 1. The third kappa shape index (κ3) is 5.16. The Hall–Kier alpha value is -1.85. The second-order valence-electron chi connectivity index (χ2n) is 4.64. The summed E-state index contributed by atoms with van der Waals surface area (Å²) >= 11 is 0. The van der Waals surface area contributed by atoms with Gasteiger partial charge in [0.25, 0.3) is 0 Å². The molecular weight excluding hydrogens is 284 g/mol. The van der Waals surface area contributed by atoms with Gasteiger partial charge in [-0.15, -0.1) is 0 Å². The van der Waals surface area contributed by atoms with Gasteiger partial charge in [0.1, 0.15) is 5.75 Å². The average molecular weight is 308 g/mol. The summed E-state index contributed by atoms with van der Waals surface area (Å²) in [6, 6.07) is 5.63. The summed E-state index contributed by atoms with van der Waals surface area (Å²) in [6.07, 6.45) is 1.60. The minimum atomic E-state index is -0.441. The van der Waals surface area contributed by atoms with Crippen LogP contribution in [0.5, 0.6) is 5.75 Å². The van der Waals surface area contributed by atoms with Gasteiger partial charge in [-0.3, -0.25) is 0 Å². The van der Waals surface area contributed by atoms with Crippen LogP contribution in [0.25, 0.3) is 5.57 Å². The number of hydrogen-bond donors (Lipinski definition) is 0. The first-order chi connectivity index (χ1) is 10.7. The van der Waals surface area contributed by atoms with Gasteiger partial charge >= 0.3 is 5.97 Å². The van der Waals surface area contributed by atoms with Gasteiger partial charge < -0.3 is 18.9 Å². The second kappa shape index (κ2) is 9.97. The van der Waals surface area contributed by atoms with Crippen LogP contribution in [0.1, 0.15) is 24.5 Å². The molecule has 0 fully saturated rings. The number of benzene rings is 1. The van der Waals surface area contributed by atoms with Crippen molar-refractivity contribution >= 4 is 11.5 Å². The Morgan fingerprint density at radius 1 is 1.23 bits per heavy atom. The third-order valence-electron chi connectivity index (χ3n) is 3.06. The molecule has 0 bridgehead atoms. The predicted molar refractivity (Wildman–Crippen MR) is 84.8 cm³/mol. The van der Waals surface area contributed by atoms with Gasteiger partial charge in [-0.05, 0) is 31.4 Å². The third-order valence-corrected chi connectivity index (χ3v) is 3.06. The lowest BCUT2D eigenvalue weighted by atomic mass is 9.96. The predicted octanol–water partition coefficient (Wildman–Crippen LogP) is 2.82. The number of hydrogen-bond acceptors (Lipinski definition) is 5. The van der Waals surface area contributed by atoms with Gasteiger partial charge in [-0.2, -0.15) is 0 Å². The van der Waals surface area contributed by atoms with E-state index >= 15 is 0 Å². The highest BCUT2D eigenvalue weighted by molar-refractivity contribution is 6.16. The molecule has 1 rings (SSSR count). The Labute approximate surface area is 131 Å². The molecule has 0 atom stereocenters. The molecule has 122 valence electrons. The van der Waals surface area contributed by atoms with Crippen LogP contribution in [0, 0.1) is 0 Å². The standard InChI is InChI=1S/C17H24O5/c1-5-21-17(18)13(2)16-14(9-7-11-19-3)8-6-10-15(16)22-12-20-4/h6,8,10H,2,5,7,9,11-12H2,1,3-4H3. The Balaban J connectivity index is 3.09. The first-order valence-electron chi connectivity index (χ1n) is 7.24. The summed E-state index contributed by atoms with van der Waals surface area (Å²) in [5.74, 6) is 0.124. The fraction of sp³-hybridized carbons (Fsp3) is 0.471. The summed E-state index contributed by atoms with van der Waals surface area (Å²) in [5.41, 5.74) is 1.94. The van der Waals surface area contributed by atoms with Crippen molar-refractivity contribution in [3.8, 4) is 5.75 Å². The number of carbonyl (C=O) groups is 1. The van der Waals surface area contributed by atoms with Crippen molar-refractivity contribution in [1.29, 1.82) is 0 Å². The molecule has 0 aromatic heterocycles. The van der Waals surface area contributed by atoms with Crippen LogP contribution in [-0.4, -0.2) is 40.2 Å². The molecule has 0 N–H and O–H groups in total. The Bertz CT molecular complexity index is 496. The lowest BCUT2D eigenvalue weighted by molar-refractivity contribution is -0.136. The molecule has 5 heteroatoms. The molecule has 0 amide bonds. The van der Waals surface area contributed by atoms with E-state index in [2.05, 4.69) is 6.58 Å². The molecule has 0 saturated carbocycles. The molecular formula is C17H24O5. The highest BCUT2D eigenvalue weighted by atomic mass is 16.7. The Morgan fingerprint density at radius 3 is 2.64 bits per heavy atom. The number of esters is 1. The summed E-state index contributed by atoms with van der Waals surface area (Å²) in [5, 5.41) is 0. The van der Waals surface area contributed by atoms with Gasteiger partial charge in [0.2, 0.25) is 0 Å². The van der Waals surface area contributed by atoms with Gasteiger partial charge in [0, 0.05) is 26.4 Å². The van der Waals surface area contributed by atoms with Crippen LogP contribution >= 0.6 is 0 Å². The van der Waals surface area contributed by atoms with Crippen LogP contribution in [0.3, 0.4) is 0 Å². The van der Waals surface area contributed by atoms with Crippen molar-refractivity contribution in [3.05, 3.63) is 35.9 Å². The SMILES string of the molecule is C=C(C(=O)OCC)c1c(CCCOC)cccc1OCOC. The van der Waals surface area contributed by atoms with E-state index in [0.717, 1.165) is 18.4 Å². The fourth-order valence-electron chi connectivity index (χ4n) is 2.10. The largest absolute Gasteiger partial charge is 0.467 e. The lowest BCUT2D eigenvalue weighted by Crippen LogP contribution is -2.11. The summed E-state index contributed by atoms with van der Waals surface area (Å²) in [7, 11) is 3.21. The first-order valence-corrected chi connectivity index (χ1v) is 7.24. The van der Waals surface area contributed by atoms with Crippen LogP contribution in [0.15, 0.2) is 24.8 Å². The molecule has 0 spiro atoms. The number of aryl methyl sites for hydroxylation is 1. The van der Waals surface area contributed by atoms with Crippen molar-refractivity contribution in [2.24, 2.45) is 0 Å². The summed E-state index contributed by atoms with van der Waals surface area (Å²) in [4.78, 5) is 12.0. The van der Waals surface area contributed by atoms with Gasteiger partial charge in [0.15, 0.2) is 6.79 Å². The smallest absolute Gasteiger partial charge is 0.338 e. The minimum absolute atomic E-state index is 0.102. The fourth-order valence-corrected chi connectivity index (χ4v) is 2.10. The topological polar surface area (TPSA) is 54.0 Å². The summed E-state index contributed by atoms with van der Waals surface area (Å²) < 4.78 is 20.6. The molecule has 0 unspecified atom stereocenters. The molecule has 5 nitrogen and oxygen atoms in total. The van der Waals surface area contributed by atoms with E-state index in [4.69, 9.17) is 18.9 Å². The minimum Gasteiger partial charge on any atom is -0.467 e. The maximum absolute atomic E-state index is 12.0. The van der Waals surface area contributed by atoms with Crippen molar-refractivity contribution in [2.75, 3.05) is 34.2 Å². The lowest BCUT2D eigenvalue weighted by Gasteiger charge is -2.16. The van der Waals surface area contributed by atoms with E-state index in [1.54, 1.807) is 27.2 Å². The number of rotatable bonds is 10. The highest BCUT2D eigenvalue weighted by Crippen LogP contribution is 2.30. The van der Waals surface area contributed by atoms with Crippen molar-refractivity contribution in [3.63, 3.8) is 0 Å². The Morgan fingerprint density at radius 2 is 2.00 bits per heavy atom. The molecule has 22 heavy (non-hydrogen) atoms. The molecule has 0 aliphatic rings. The highest BCUT2D eigenvalue weighted by Gasteiger charge is 2.19. The van der Waals surface area contributed by atoms with Gasteiger partial charge in [-0.25, -0.2) is 4.79 Å². The van der Waals surface area contributed by atoms with Crippen LogP contribution in [0.2, 0.25) is 0 Å². The Kier molecular flexibility index (Phi) is 8.25. The summed E-state index contributed by atoms with van der Waals surface area (Å²) in [6.45, 7) is 6.69. The molecule has 0 saturated heterocycles. The monoisotopic (exact) mass is 308 g/mol. The number of methoxy groups -OCH3 is 2.